The summed E-state index contributed by atoms with van der Waals surface area (Å²) in [5.74, 6) is 0. The molecule has 0 nitrogen and oxygen atoms in total. The average molecular weight is 158 g/mol. The molecule has 0 aliphatic carbocycles. The van der Waals surface area contributed by atoms with E-state index >= 15 is 0 Å². The summed E-state index contributed by atoms with van der Waals surface area (Å²) < 4.78 is 0. The summed E-state index contributed by atoms with van der Waals surface area (Å²) in [5.41, 5.74) is 0. The van der Waals surface area contributed by atoms with Crippen molar-refractivity contribution in [1.29, 1.82) is 0 Å². The Hall–Kier alpha value is 0.844. The van der Waals surface area contributed by atoms with Gasteiger partial charge in [-0.15, -0.1) is 6.08 Å². The van der Waals surface area contributed by atoms with E-state index < -0.39 is 0 Å². The maximum atomic E-state index is 3.59. The van der Waals surface area contributed by atoms with Gasteiger partial charge in [0.05, 0.1) is 0 Å². The maximum Gasteiger partial charge on any atom is 0 e. The molecule has 0 unspecified atom stereocenters. The van der Waals surface area contributed by atoms with E-state index in [2.05, 4.69) is 6.92 Å². The van der Waals surface area contributed by atoms with E-state index in [-0.39, 0.29) is 32.7 Å². The monoisotopic (exact) mass is 158 g/mol. The Kier molecular flexibility index (Phi) is 15.4. The second kappa shape index (κ2) is 9.28. The van der Waals surface area contributed by atoms with Crippen molar-refractivity contribution in [3.8, 4) is 0 Å². The van der Waals surface area contributed by atoms with Gasteiger partial charge in [0.1, 0.15) is 0 Å². The quantitative estimate of drug-likeness (QED) is 0.403. The van der Waals surface area contributed by atoms with E-state index in [4.69, 9.17) is 0 Å². The molecular formula is C5H9Y-. The summed E-state index contributed by atoms with van der Waals surface area (Å²) in [5, 5.41) is 0. The largest absolute Gasteiger partial charge is 0.340 e. The number of allylic oxidation sites excluding steroid dienone is 2. The van der Waals surface area contributed by atoms with Gasteiger partial charge >= 0.3 is 0 Å². The van der Waals surface area contributed by atoms with Crippen LogP contribution in [-0.2, 0) is 32.7 Å². The van der Waals surface area contributed by atoms with Gasteiger partial charge in [0.15, 0.2) is 0 Å². The van der Waals surface area contributed by atoms with Gasteiger partial charge in [0, 0.05) is 32.7 Å². The molecular weight excluding hydrogens is 149 g/mol. The zero-order chi connectivity index (χ0) is 4.12. The number of rotatable bonds is 1. The molecule has 0 rings (SSSR count). The Bertz CT molecular complexity index is 30.9. The summed E-state index contributed by atoms with van der Waals surface area (Å²) >= 11 is 0. The van der Waals surface area contributed by atoms with Crippen LogP contribution < -0.4 is 0 Å². The first-order valence-electron chi connectivity index (χ1n) is 1.82. The second-order valence-electron chi connectivity index (χ2n) is 0.858. The molecule has 0 saturated carbocycles. The summed E-state index contributed by atoms with van der Waals surface area (Å²) in [6, 6.07) is 0. The molecule has 0 bridgehead atoms. The Morgan fingerprint density at radius 1 is 1.67 bits per heavy atom. The normalized spacial score (nSPS) is 8.33. The van der Waals surface area contributed by atoms with Crippen LogP contribution in [0.2, 0.25) is 0 Å². The fraction of sp³-hybridized carbons (Fsp3) is 0.400. The smallest absolute Gasteiger partial charge is 0 e. The van der Waals surface area contributed by atoms with Crippen LogP contribution in [0.4, 0.5) is 0 Å². The Labute approximate surface area is 64.9 Å². The molecule has 0 fully saturated rings. The van der Waals surface area contributed by atoms with Gasteiger partial charge in [-0.1, -0.05) is 6.08 Å². The molecule has 0 N–H and O–H groups in total. The van der Waals surface area contributed by atoms with Crippen LogP contribution in [0.15, 0.2) is 12.2 Å². The first-order chi connectivity index (χ1) is 2.41. The van der Waals surface area contributed by atoms with E-state index in [1.54, 1.807) is 0 Å². The third-order valence-electron chi connectivity index (χ3n) is 0.402. The molecule has 0 aromatic carbocycles. The van der Waals surface area contributed by atoms with E-state index in [0.717, 1.165) is 6.42 Å². The van der Waals surface area contributed by atoms with Gasteiger partial charge in [0.25, 0.3) is 0 Å². The molecule has 1 radical (unpaired) electrons. The molecule has 1 heteroatoms. The van der Waals surface area contributed by atoms with Crippen molar-refractivity contribution in [2.75, 3.05) is 0 Å². The SMILES string of the molecule is [CH2-]C/C=C\C.[Y]. The van der Waals surface area contributed by atoms with Gasteiger partial charge < -0.3 is 6.92 Å². The summed E-state index contributed by atoms with van der Waals surface area (Å²) in [6.45, 7) is 5.58. The van der Waals surface area contributed by atoms with E-state index in [9.17, 15) is 0 Å². The van der Waals surface area contributed by atoms with Crippen molar-refractivity contribution in [1.82, 2.24) is 0 Å². The van der Waals surface area contributed by atoms with Crippen molar-refractivity contribution in [3.05, 3.63) is 19.1 Å². The molecule has 0 spiro atoms. The average Bonchev–Trinajstić information content (AvgIpc) is 1.41. The van der Waals surface area contributed by atoms with Crippen molar-refractivity contribution in [2.45, 2.75) is 13.3 Å². The van der Waals surface area contributed by atoms with Crippen LogP contribution in [-0.4, -0.2) is 0 Å². The van der Waals surface area contributed by atoms with Gasteiger partial charge in [-0.3, -0.25) is 0 Å². The summed E-state index contributed by atoms with van der Waals surface area (Å²) in [6.07, 6.45) is 4.92. The van der Waals surface area contributed by atoms with Crippen molar-refractivity contribution in [2.24, 2.45) is 0 Å². The number of hydrogen-bond acceptors (Lipinski definition) is 0. The molecule has 0 heterocycles. The van der Waals surface area contributed by atoms with E-state index in [0.29, 0.717) is 0 Å². The van der Waals surface area contributed by atoms with Crippen molar-refractivity contribution in [3.63, 3.8) is 0 Å². The fourth-order valence-corrected chi connectivity index (χ4v) is 0.167. The first-order valence-corrected chi connectivity index (χ1v) is 1.82. The predicted molar refractivity (Wildman–Crippen MR) is 24.8 cm³/mol. The predicted octanol–water partition coefficient (Wildman–Crippen LogP) is 1.78. The van der Waals surface area contributed by atoms with E-state index in [1.165, 1.54) is 0 Å². The number of hydrogen-bond donors (Lipinski definition) is 0. The summed E-state index contributed by atoms with van der Waals surface area (Å²) in [4.78, 5) is 0. The standard InChI is InChI=1S/C5H9.Y/c1-3-5-4-2;/h4-5H,1,3H2,2H3;/q-1;/b5-4-;. The molecule has 0 aliphatic heterocycles. The summed E-state index contributed by atoms with van der Waals surface area (Å²) in [7, 11) is 0. The molecule has 33 valence electrons. The molecule has 0 aromatic rings. The maximum absolute atomic E-state index is 3.59. The van der Waals surface area contributed by atoms with Gasteiger partial charge in [-0.05, 0) is 6.92 Å². The third-order valence-corrected chi connectivity index (χ3v) is 0.402. The van der Waals surface area contributed by atoms with Gasteiger partial charge in [-0.2, -0.15) is 6.42 Å². The van der Waals surface area contributed by atoms with Crippen molar-refractivity contribution < 1.29 is 32.7 Å². The molecule has 0 atom stereocenters. The van der Waals surface area contributed by atoms with Crippen LogP contribution in [0.1, 0.15) is 13.3 Å². The Balaban J connectivity index is 0. The molecule has 6 heavy (non-hydrogen) atoms. The van der Waals surface area contributed by atoms with Crippen LogP contribution in [0.5, 0.6) is 0 Å². The molecule has 0 aliphatic rings. The minimum Gasteiger partial charge on any atom is -0.340 e. The van der Waals surface area contributed by atoms with Gasteiger partial charge in [-0.25, -0.2) is 0 Å². The van der Waals surface area contributed by atoms with Crippen LogP contribution >= 0.6 is 0 Å². The van der Waals surface area contributed by atoms with Crippen LogP contribution in [0.25, 0.3) is 0 Å². The molecule has 0 amide bonds. The first kappa shape index (κ1) is 9.96. The van der Waals surface area contributed by atoms with Crippen LogP contribution in [0, 0.1) is 6.92 Å². The zero-order valence-corrected chi connectivity index (χ0v) is 6.98. The molecule has 0 aromatic heterocycles. The Morgan fingerprint density at radius 2 is 2.17 bits per heavy atom. The minimum absolute atomic E-state index is 0. The van der Waals surface area contributed by atoms with Gasteiger partial charge in [0.2, 0.25) is 0 Å². The third kappa shape index (κ3) is 8.85. The minimum atomic E-state index is 0. The van der Waals surface area contributed by atoms with Crippen LogP contribution in [0.3, 0.4) is 0 Å². The topological polar surface area (TPSA) is 0 Å². The zero-order valence-electron chi connectivity index (χ0n) is 4.15. The molecule has 0 saturated heterocycles. The second-order valence-corrected chi connectivity index (χ2v) is 0.858. The fourth-order valence-electron chi connectivity index (χ4n) is 0.167. The van der Waals surface area contributed by atoms with E-state index in [1.807, 2.05) is 19.1 Å². The Morgan fingerprint density at radius 3 is 2.17 bits per heavy atom. The van der Waals surface area contributed by atoms with Crippen molar-refractivity contribution >= 4 is 0 Å².